The Hall–Kier alpha value is -2.63. The SMILES string of the molecule is CNC(=O)COC(=O)CCCC1CCN(c2nccc3ccccc23)CC1. The van der Waals surface area contributed by atoms with E-state index in [0.717, 1.165) is 44.6 Å². The van der Waals surface area contributed by atoms with Crippen molar-refractivity contribution in [3.05, 3.63) is 36.5 Å². The fourth-order valence-corrected chi connectivity index (χ4v) is 3.61. The second-order valence-electron chi connectivity index (χ2n) is 7.01. The number of carbonyl (C=O) groups is 2. The Balaban J connectivity index is 1.43. The van der Waals surface area contributed by atoms with Crippen LogP contribution in [0.15, 0.2) is 36.5 Å². The van der Waals surface area contributed by atoms with Crippen molar-refractivity contribution in [1.82, 2.24) is 10.3 Å². The van der Waals surface area contributed by atoms with Crippen molar-refractivity contribution in [1.29, 1.82) is 0 Å². The largest absolute Gasteiger partial charge is 0.456 e. The van der Waals surface area contributed by atoms with Gasteiger partial charge in [-0.05, 0) is 43.1 Å². The summed E-state index contributed by atoms with van der Waals surface area (Å²) in [6.07, 6.45) is 6.31. The van der Waals surface area contributed by atoms with Gasteiger partial charge >= 0.3 is 5.97 Å². The van der Waals surface area contributed by atoms with E-state index in [1.807, 2.05) is 6.20 Å². The van der Waals surface area contributed by atoms with E-state index in [1.54, 1.807) is 0 Å². The predicted octanol–water partition coefficient (Wildman–Crippen LogP) is 2.91. The third-order valence-corrected chi connectivity index (χ3v) is 5.20. The lowest BCUT2D eigenvalue weighted by Crippen LogP contribution is -2.34. The maximum atomic E-state index is 11.6. The average Bonchev–Trinajstić information content (AvgIpc) is 2.72. The summed E-state index contributed by atoms with van der Waals surface area (Å²) in [5.41, 5.74) is 0. The van der Waals surface area contributed by atoms with Crippen molar-refractivity contribution in [2.45, 2.75) is 32.1 Å². The molecule has 2 aromatic rings. The minimum atomic E-state index is -0.295. The Labute approximate surface area is 159 Å². The number of esters is 1. The van der Waals surface area contributed by atoms with E-state index in [0.29, 0.717) is 12.3 Å². The third kappa shape index (κ3) is 5.18. The van der Waals surface area contributed by atoms with Crippen LogP contribution in [0.2, 0.25) is 0 Å². The summed E-state index contributed by atoms with van der Waals surface area (Å²) in [6, 6.07) is 10.4. The molecule has 6 heteroatoms. The molecule has 6 nitrogen and oxygen atoms in total. The van der Waals surface area contributed by atoms with Gasteiger partial charge in [-0.1, -0.05) is 24.3 Å². The summed E-state index contributed by atoms with van der Waals surface area (Å²) < 4.78 is 4.93. The number of rotatable bonds is 7. The maximum Gasteiger partial charge on any atom is 0.306 e. The predicted molar refractivity (Wildman–Crippen MR) is 106 cm³/mol. The minimum Gasteiger partial charge on any atom is -0.456 e. The molecule has 3 rings (SSSR count). The second kappa shape index (κ2) is 9.35. The van der Waals surface area contributed by atoms with Gasteiger partial charge in [-0.25, -0.2) is 4.98 Å². The number of benzene rings is 1. The van der Waals surface area contributed by atoms with E-state index in [4.69, 9.17) is 4.74 Å². The van der Waals surface area contributed by atoms with Crippen LogP contribution < -0.4 is 10.2 Å². The van der Waals surface area contributed by atoms with Gasteiger partial charge in [0.25, 0.3) is 5.91 Å². The van der Waals surface area contributed by atoms with Crippen LogP contribution in [0.25, 0.3) is 10.8 Å². The van der Waals surface area contributed by atoms with Crippen LogP contribution in [0.3, 0.4) is 0 Å². The highest BCUT2D eigenvalue weighted by molar-refractivity contribution is 5.92. The number of piperidine rings is 1. The molecular weight excluding hydrogens is 342 g/mol. The summed E-state index contributed by atoms with van der Waals surface area (Å²) in [7, 11) is 1.52. The molecule has 144 valence electrons. The molecule has 2 heterocycles. The van der Waals surface area contributed by atoms with E-state index < -0.39 is 0 Å². The van der Waals surface area contributed by atoms with Gasteiger partial charge in [0.2, 0.25) is 0 Å². The number of hydrogen-bond donors (Lipinski definition) is 1. The van der Waals surface area contributed by atoms with Crippen molar-refractivity contribution >= 4 is 28.5 Å². The first kappa shape index (κ1) is 19.1. The zero-order valence-corrected chi connectivity index (χ0v) is 15.8. The van der Waals surface area contributed by atoms with Crippen molar-refractivity contribution in [2.24, 2.45) is 5.92 Å². The Bertz CT molecular complexity index is 780. The molecule has 1 aromatic carbocycles. The highest BCUT2D eigenvalue weighted by atomic mass is 16.5. The van der Waals surface area contributed by atoms with Gasteiger partial charge in [0, 0.05) is 38.1 Å². The van der Waals surface area contributed by atoms with Crippen LogP contribution in [0.4, 0.5) is 5.82 Å². The number of nitrogens with zero attached hydrogens (tertiary/aromatic N) is 2. The zero-order valence-electron chi connectivity index (χ0n) is 15.8. The van der Waals surface area contributed by atoms with Gasteiger partial charge in [0.1, 0.15) is 5.82 Å². The summed E-state index contributed by atoms with van der Waals surface area (Å²) in [6.45, 7) is 1.80. The van der Waals surface area contributed by atoms with E-state index in [2.05, 4.69) is 45.5 Å². The molecule has 0 unspecified atom stereocenters. The molecule has 1 amide bonds. The van der Waals surface area contributed by atoms with Gasteiger partial charge < -0.3 is 15.0 Å². The first-order valence-electron chi connectivity index (χ1n) is 9.62. The fraction of sp³-hybridized carbons (Fsp3) is 0.476. The molecule has 0 radical (unpaired) electrons. The van der Waals surface area contributed by atoms with Gasteiger partial charge in [-0.3, -0.25) is 9.59 Å². The van der Waals surface area contributed by atoms with Crippen LogP contribution in [0.1, 0.15) is 32.1 Å². The van der Waals surface area contributed by atoms with Crippen LogP contribution in [0, 0.1) is 5.92 Å². The Morgan fingerprint density at radius 2 is 2.00 bits per heavy atom. The van der Waals surface area contributed by atoms with E-state index >= 15 is 0 Å². The summed E-state index contributed by atoms with van der Waals surface area (Å²) >= 11 is 0. The molecule has 1 N–H and O–H groups in total. The Kier molecular flexibility index (Phi) is 6.63. The number of pyridine rings is 1. The molecule has 1 aliphatic heterocycles. The van der Waals surface area contributed by atoms with Crippen molar-refractivity contribution in [3.63, 3.8) is 0 Å². The average molecular weight is 369 g/mol. The van der Waals surface area contributed by atoms with Crippen LogP contribution >= 0.6 is 0 Å². The molecule has 27 heavy (non-hydrogen) atoms. The number of carbonyl (C=O) groups excluding carboxylic acids is 2. The highest BCUT2D eigenvalue weighted by Crippen LogP contribution is 2.29. The molecule has 1 aromatic heterocycles. The molecule has 0 saturated carbocycles. The van der Waals surface area contributed by atoms with Crippen LogP contribution in [0.5, 0.6) is 0 Å². The van der Waals surface area contributed by atoms with E-state index in [1.165, 1.54) is 17.8 Å². The standard InChI is InChI=1S/C21H27N3O3/c1-22-19(25)15-27-20(26)8-4-5-16-10-13-24(14-11-16)21-18-7-3-2-6-17(18)9-12-23-21/h2-3,6-7,9,12,16H,4-5,8,10-11,13-15H2,1H3,(H,22,25). The molecule has 0 atom stereocenters. The maximum absolute atomic E-state index is 11.6. The summed E-state index contributed by atoms with van der Waals surface area (Å²) in [5.74, 6) is 1.13. The topological polar surface area (TPSA) is 71.5 Å². The lowest BCUT2D eigenvalue weighted by Gasteiger charge is -2.33. The van der Waals surface area contributed by atoms with Gasteiger partial charge in [0.05, 0.1) is 0 Å². The summed E-state index contributed by atoms with van der Waals surface area (Å²) in [5, 5.41) is 4.86. The number of amides is 1. The number of ether oxygens (including phenoxy) is 1. The molecule has 0 aliphatic carbocycles. The number of hydrogen-bond acceptors (Lipinski definition) is 5. The normalized spacial score (nSPS) is 14.9. The van der Waals surface area contributed by atoms with E-state index in [9.17, 15) is 9.59 Å². The first-order valence-corrected chi connectivity index (χ1v) is 9.62. The second-order valence-corrected chi connectivity index (χ2v) is 7.01. The highest BCUT2D eigenvalue weighted by Gasteiger charge is 2.21. The molecule has 0 spiro atoms. The molecule has 1 saturated heterocycles. The van der Waals surface area contributed by atoms with Gasteiger partial charge in [-0.15, -0.1) is 0 Å². The third-order valence-electron chi connectivity index (χ3n) is 5.20. The zero-order chi connectivity index (χ0) is 19.1. The number of fused-ring (bicyclic) bond motifs is 1. The number of likely N-dealkylation sites (N-methyl/N-ethyl adjacent to an activating group) is 1. The molecule has 1 fully saturated rings. The number of nitrogens with one attached hydrogen (secondary N) is 1. The van der Waals surface area contributed by atoms with Crippen molar-refractivity contribution in [3.8, 4) is 0 Å². The smallest absolute Gasteiger partial charge is 0.306 e. The van der Waals surface area contributed by atoms with Crippen LogP contribution in [-0.2, 0) is 14.3 Å². The van der Waals surface area contributed by atoms with Crippen molar-refractivity contribution < 1.29 is 14.3 Å². The fourth-order valence-electron chi connectivity index (χ4n) is 3.61. The van der Waals surface area contributed by atoms with Gasteiger partial charge in [0.15, 0.2) is 6.61 Å². The van der Waals surface area contributed by atoms with Gasteiger partial charge in [-0.2, -0.15) is 0 Å². The molecule has 0 bridgehead atoms. The van der Waals surface area contributed by atoms with Crippen LogP contribution in [-0.4, -0.2) is 43.6 Å². The number of aromatic nitrogens is 1. The lowest BCUT2D eigenvalue weighted by molar-refractivity contribution is -0.148. The van der Waals surface area contributed by atoms with E-state index in [-0.39, 0.29) is 18.5 Å². The monoisotopic (exact) mass is 369 g/mol. The lowest BCUT2D eigenvalue weighted by atomic mass is 9.91. The summed E-state index contributed by atoms with van der Waals surface area (Å²) in [4.78, 5) is 29.7. The van der Waals surface area contributed by atoms with Crippen molar-refractivity contribution in [2.75, 3.05) is 31.6 Å². The molecular formula is C21H27N3O3. The number of anilines is 1. The minimum absolute atomic E-state index is 0.189. The quantitative estimate of drug-likeness (QED) is 0.760. The Morgan fingerprint density at radius 1 is 1.22 bits per heavy atom. The molecule has 1 aliphatic rings. The Morgan fingerprint density at radius 3 is 2.78 bits per heavy atom. The first-order chi connectivity index (χ1) is 13.2.